The summed E-state index contributed by atoms with van der Waals surface area (Å²) in [5, 5.41) is 5.31. The smallest absolute Gasteiger partial charge is 0.320 e. The lowest BCUT2D eigenvalue weighted by molar-refractivity contribution is 0.249. The molecular weight excluding hydrogens is 311 g/mol. The van der Waals surface area contributed by atoms with Crippen molar-refractivity contribution < 1.29 is 9.18 Å². The number of rotatable bonds is 4. The number of nitrogens with one attached hydrogen (secondary N) is 2. The first-order valence-corrected chi connectivity index (χ1v) is 7.22. The molecule has 0 aliphatic rings. The highest BCUT2D eigenvalue weighted by atomic mass is 19.1. The molecule has 0 radical (unpaired) electrons. The molecule has 0 spiro atoms. The monoisotopic (exact) mass is 330 g/mol. The van der Waals surface area contributed by atoms with Gasteiger partial charge in [0.25, 0.3) is 0 Å². The fraction of sp³-hybridized carbons (Fsp3) is 0.188. The molecule has 24 heavy (non-hydrogen) atoms. The Bertz CT molecular complexity index is 760. The van der Waals surface area contributed by atoms with Gasteiger partial charge in [0.1, 0.15) is 17.5 Å². The van der Waals surface area contributed by atoms with E-state index in [1.165, 1.54) is 24.4 Å². The maximum Gasteiger partial charge on any atom is 0.320 e. The zero-order chi connectivity index (χ0) is 17.7. The predicted octanol–water partition coefficient (Wildman–Crippen LogP) is 2.02. The molecule has 1 unspecified atom stereocenters. The second-order valence-electron chi connectivity index (χ2n) is 5.14. The number of amidine groups is 1. The van der Waals surface area contributed by atoms with Crippen LogP contribution in [0.15, 0.2) is 41.5 Å². The van der Waals surface area contributed by atoms with Gasteiger partial charge in [-0.2, -0.15) is 0 Å². The van der Waals surface area contributed by atoms with E-state index < -0.39 is 6.03 Å². The summed E-state index contributed by atoms with van der Waals surface area (Å²) in [5.41, 5.74) is 13.2. The molecule has 8 heteroatoms. The lowest BCUT2D eigenvalue weighted by Gasteiger charge is -2.15. The third-order valence-electron chi connectivity index (χ3n) is 3.41. The van der Waals surface area contributed by atoms with Gasteiger partial charge in [-0.15, -0.1) is 0 Å². The number of carbonyl (C=O) groups is 1. The van der Waals surface area contributed by atoms with Crippen LogP contribution in [0.25, 0.3) is 0 Å². The molecule has 1 atom stereocenters. The van der Waals surface area contributed by atoms with E-state index in [0.717, 1.165) is 5.56 Å². The first-order valence-electron chi connectivity index (χ1n) is 7.22. The Morgan fingerprint density at radius 1 is 1.33 bits per heavy atom. The van der Waals surface area contributed by atoms with Gasteiger partial charge in [-0.3, -0.25) is 10.3 Å². The van der Waals surface area contributed by atoms with Crippen LogP contribution in [0.2, 0.25) is 0 Å². The summed E-state index contributed by atoms with van der Waals surface area (Å²) >= 11 is 0. The molecule has 2 aromatic rings. The van der Waals surface area contributed by atoms with Crippen molar-refractivity contribution in [3.8, 4) is 0 Å². The number of pyridine rings is 1. The number of benzene rings is 1. The molecule has 2 rings (SSSR count). The third-order valence-corrected chi connectivity index (χ3v) is 3.41. The van der Waals surface area contributed by atoms with Crippen molar-refractivity contribution in [1.29, 1.82) is 0 Å². The largest absolute Gasteiger partial charge is 0.398 e. The molecule has 0 saturated heterocycles. The molecular formula is C16H19FN6O. The molecule has 0 fully saturated rings. The Morgan fingerprint density at radius 2 is 2.00 bits per heavy atom. The summed E-state index contributed by atoms with van der Waals surface area (Å²) in [6.45, 7) is 1.79. The quantitative estimate of drug-likeness (QED) is 0.506. The number of nitrogens with two attached hydrogens (primary N) is 2. The number of anilines is 2. The SMILES string of the molecule is CN=C(N)c1cnc(NC(=O)NC(C)c2ccc(F)cc2)cc1N. The molecule has 6 N–H and O–H groups in total. The minimum atomic E-state index is -0.455. The Balaban J connectivity index is 2.02. The number of halogens is 1. The fourth-order valence-corrected chi connectivity index (χ4v) is 2.06. The highest BCUT2D eigenvalue weighted by molar-refractivity contribution is 6.02. The lowest BCUT2D eigenvalue weighted by atomic mass is 10.1. The number of nitrogen functional groups attached to an aromatic ring is 1. The van der Waals surface area contributed by atoms with Crippen LogP contribution in [-0.4, -0.2) is 23.9 Å². The van der Waals surface area contributed by atoms with Crippen LogP contribution in [0, 0.1) is 5.82 Å². The number of amides is 2. The van der Waals surface area contributed by atoms with E-state index in [0.29, 0.717) is 11.3 Å². The highest BCUT2D eigenvalue weighted by Gasteiger charge is 2.11. The van der Waals surface area contributed by atoms with E-state index in [-0.39, 0.29) is 23.5 Å². The van der Waals surface area contributed by atoms with Crippen molar-refractivity contribution in [2.75, 3.05) is 18.1 Å². The van der Waals surface area contributed by atoms with E-state index in [1.54, 1.807) is 26.1 Å². The molecule has 1 heterocycles. The highest BCUT2D eigenvalue weighted by Crippen LogP contribution is 2.16. The normalized spacial score (nSPS) is 12.5. The molecule has 126 valence electrons. The number of carbonyl (C=O) groups excluding carboxylic acids is 1. The van der Waals surface area contributed by atoms with Crippen LogP contribution in [-0.2, 0) is 0 Å². The van der Waals surface area contributed by atoms with Crippen LogP contribution in [0.3, 0.4) is 0 Å². The Labute approximate surface area is 139 Å². The number of aliphatic imine (C=N–C) groups is 1. The number of urea groups is 1. The Kier molecular flexibility index (Phi) is 5.31. The van der Waals surface area contributed by atoms with E-state index in [2.05, 4.69) is 20.6 Å². The van der Waals surface area contributed by atoms with Gasteiger partial charge >= 0.3 is 6.03 Å². The van der Waals surface area contributed by atoms with Crippen LogP contribution >= 0.6 is 0 Å². The van der Waals surface area contributed by atoms with Gasteiger partial charge in [0, 0.05) is 25.0 Å². The zero-order valence-electron chi connectivity index (χ0n) is 13.4. The molecule has 0 bridgehead atoms. The molecule has 0 aliphatic carbocycles. The summed E-state index contributed by atoms with van der Waals surface area (Å²) in [4.78, 5) is 19.9. The van der Waals surface area contributed by atoms with E-state index in [1.807, 2.05) is 0 Å². The summed E-state index contributed by atoms with van der Waals surface area (Å²) in [5.74, 6) is 0.218. The van der Waals surface area contributed by atoms with E-state index in [4.69, 9.17) is 11.5 Å². The fourth-order valence-electron chi connectivity index (χ4n) is 2.06. The first kappa shape index (κ1) is 17.2. The third kappa shape index (κ3) is 4.19. The van der Waals surface area contributed by atoms with Crippen LogP contribution in [0.5, 0.6) is 0 Å². The van der Waals surface area contributed by atoms with Gasteiger partial charge in [0.15, 0.2) is 0 Å². The standard InChI is InChI=1S/C16H19FN6O/c1-9(10-3-5-11(17)6-4-10)22-16(24)23-14-7-13(18)12(8-21-14)15(19)20-2/h3-9H,1-2H3,(H2,19,20)(H4,18,21,22,23,24). The first-order chi connectivity index (χ1) is 11.4. The zero-order valence-corrected chi connectivity index (χ0v) is 13.4. The molecule has 7 nitrogen and oxygen atoms in total. The van der Waals surface area contributed by atoms with E-state index >= 15 is 0 Å². The average Bonchev–Trinajstić information content (AvgIpc) is 2.54. The van der Waals surface area contributed by atoms with Gasteiger partial charge in [0.05, 0.1) is 11.6 Å². The van der Waals surface area contributed by atoms with Gasteiger partial charge in [-0.05, 0) is 24.6 Å². The molecule has 1 aromatic carbocycles. The maximum atomic E-state index is 12.9. The van der Waals surface area contributed by atoms with Gasteiger partial charge < -0.3 is 16.8 Å². The summed E-state index contributed by atoms with van der Waals surface area (Å²) < 4.78 is 12.9. The van der Waals surface area contributed by atoms with Crippen molar-refractivity contribution in [2.24, 2.45) is 10.7 Å². The van der Waals surface area contributed by atoms with Crippen molar-refractivity contribution in [3.63, 3.8) is 0 Å². The van der Waals surface area contributed by atoms with Crippen molar-refractivity contribution in [1.82, 2.24) is 10.3 Å². The minimum absolute atomic E-state index is 0.265. The second kappa shape index (κ2) is 7.40. The van der Waals surface area contributed by atoms with E-state index in [9.17, 15) is 9.18 Å². The Morgan fingerprint density at radius 3 is 2.58 bits per heavy atom. The van der Waals surface area contributed by atoms with Gasteiger partial charge in [0.2, 0.25) is 0 Å². The van der Waals surface area contributed by atoms with Crippen LogP contribution in [0.1, 0.15) is 24.1 Å². The number of hydrogen-bond acceptors (Lipinski definition) is 4. The van der Waals surface area contributed by atoms with Crippen molar-refractivity contribution in [3.05, 3.63) is 53.5 Å². The van der Waals surface area contributed by atoms with Gasteiger partial charge in [-0.25, -0.2) is 14.2 Å². The topological polar surface area (TPSA) is 118 Å². The van der Waals surface area contributed by atoms with Crippen molar-refractivity contribution >= 4 is 23.4 Å². The number of nitrogens with zero attached hydrogens (tertiary/aromatic N) is 2. The summed E-state index contributed by atoms with van der Waals surface area (Å²) in [7, 11) is 1.55. The molecule has 1 aromatic heterocycles. The minimum Gasteiger partial charge on any atom is -0.398 e. The Hall–Kier alpha value is -3.16. The number of hydrogen-bond donors (Lipinski definition) is 4. The van der Waals surface area contributed by atoms with Crippen LogP contribution in [0.4, 0.5) is 20.7 Å². The predicted molar refractivity (Wildman–Crippen MR) is 92.3 cm³/mol. The average molecular weight is 330 g/mol. The molecule has 0 saturated carbocycles. The second-order valence-corrected chi connectivity index (χ2v) is 5.14. The maximum absolute atomic E-state index is 12.9. The lowest BCUT2D eigenvalue weighted by Crippen LogP contribution is -2.31. The van der Waals surface area contributed by atoms with Crippen LogP contribution < -0.4 is 22.1 Å². The van der Waals surface area contributed by atoms with Crippen molar-refractivity contribution in [2.45, 2.75) is 13.0 Å². The van der Waals surface area contributed by atoms with Gasteiger partial charge in [-0.1, -0.05) is 12.1 Å². The molecule has 0 aliphatic heterocycles. The summed E-state index contributed by atoms with van der Waals surface area (Å²) in [6, 6.07) is 6.64. The number of aromatic nitrogens is 1. The molecule has 2 amide bonds. The summed E-state index contributed by atoms with van der Waals surface area (Å²) in [6.07, 6.45) is 1.44.